The maximum absolute atomic E-state index is 12.6. The first kappa shape index (κ1) is 16.7. The van der Waals surface area contributed by atoms with Gasteiger partial charge in [0.15, 0.2) is 0 Å². The van der Waals surface area contributed by atoms with Crippen molar-refractivity contribution in [2.24, 2.45) is 5.92 Å². The van der Waals surface area contributed by atoms with Crippen LogP contribution < -0.4 is 4.72 Å². The predicted octanol–water partition coefficient (Wildman–Crippen LogP) is 3.26. The van der Waals surface area contributed by atoms with E-state index < -0.39 is 10.0 Å². The maximum atomic E-state index is 12.6. The molecular formula is C16H23NO2S. The van der Waals surface area contributed by atoms with Gasteiger partial charge in [-0.15, -0.1) is 5.73 Å². The summed E-state index contributed by atoms with van der Waals surface area (Å²) in [6.07, 6.45) is 1.65. The third-order valence-electron chi connectivity index (χ3n) is 3.18. The summed E-state index contributed by atoms with van der Waals surface area (Å²) < 4.78 is 27.9. The van der Waals surface area contributed by atoms with Crippen LogP contribution in [0, 0.1) is 26.7 Å². The van der Waals surface area contributed by atoms with Crippen LogP contribution in [0.25, 0.3) is 0 Å². The molecule has 0 radical (unpaired) electrons. The molecule has 1 rings (SSSR count). The zero-order valence-electron chi connectivity index (χ0n) is 12.8. The highest BCUT2D eigenvalue weighted by atomic mass is 32.2. The molecule has 0 fully saturated rings. The molecule has 4 heteroatoms. The Balaban J connectivity index is 3.27. The van der Waals surface area contributed by atoms with Crippen LogP contribution in [-0.2, 0) is 10.0 Å². The molecule has 0 amide bonds. The largest absolute Gasteiger partial charge is 0.241 e. The molecule has 0 aliphatic carbocycles. The molecule has 3 nitrogen and oxygen atoms in total. The lowest BCUT2D eigenvalue weighted by atomic mass is 10.1. The molecule has 0 saturated carbocycles. The van der Waals surface area contributed by atoms with Crippen LogP contribution in [0.4, 0.5) is 0 Å². The molecule has 1 aromatic carbocycles. The Hall–Kier alpha value is -1.35. The average Bonchev–Trinajstić information content (AvgIpc) is 2.25. The summed E-state index contributed by atoms with van der Waals surface area (Å²) in [5, 5.41) is 0. The fourth-order valence-electron chi connectivity index (χ4n) is 2.32. The Labute approximate surface area is 122 Å². The van der Waals surface area contributed by atoms with Crippen molar-refractivity contribution in [2.75, 3.05) is 0 Å². The van der Waals surface area contributed by atoms with Gasteiger partial charge >= 0.3 is 0 Å². The zero-order valence-corrected chi connectivity index (χ0v) is 13.6. The number of rotatable bonds is 5. The summed E-state index contributed by atoms with van der Waals surface area (Å²) >= 11 is 0. The van der Waals surface area contributed by atoms with Crippen LogP contribution in [0.5, 0.6) is 0 Å². The lowest BCUT2D eigenvalue weighted by Crippen LogP contribution is -2.37. The fourth-order valence-corrected chi connectivity index (χ4v) is 4.10. The van der Waals surface area contributed by atoms with Crippen molar-refractivity contribution in [1.29, 1.82) is 0 Å². The summed E-state index contributed by atoms with van der Waals surface area (Å²) in [5.41, 5.74) is 5.25. The summed E-state index contributed by atoms with van der Waals surface area (Å²) in [5.74, 6) is 0.130. The molecule has 0 saturated heterocycles. The van der Waals surface area contributed by atoms with E-state index in [1.54, 1.807) is 6.08 Å². The Morgan fingerprint density at radius 1 is 1.20 bits per heavy atom. The van der Waals surface area contributed by atoms with Gasteiger partial charge in [0.1, 0.15) is 0 Å². The first-order valence-corrected chi connectivity index (χ1v) is 8.13. The lowest BCUT2D eigenvalue weighted by Gasteiger charge is -2.20. The predicted molar refractivity (Wildman–Crippen MR) is 83.3 cm³/mol. The molecule has 0 spiro atoms. The monoisotopic (exact) mass is 293 g/mol. The van der Waals surface area contributed by atoms with Gasteiger partial charge in [-0.1, -0.05) is 38.1 Å². The number of aryl methyl sites for hydroxylation is 3. The van der Waals surface area contributed by atoms with Gasteiger partial charge in [-0.05, 0) is 43.9 Å². The van der Waals surface area contributed by atoms with Crippen LogP contribution >= 0.6 is 0 Å². The van der Waals surface area contributed by atoms with E-state index >= 15 is 0 Å². The number of benzene rings is 1. The van der Waals surface area contributed by atoms with Crippen molar-refractivity contribution < 1.29 is 8.42 Å². The van der Waals surface area contributed by atoms with Gasteiger partial charge in [-0.2, -0.15) is 0 Å². The smallest absolute Gasteiger partial charge is 0.207 e. The molecule has 0 bridgehead atoms. The second kappa shape index (κ2) is 6.40. The van der Waals surface area contributed by atoms with Gasteiger partial charge in [0.05, 0.1) is 4.90 Å². The van der Waals surface area contributed by atoms with Crippen LogP contribution in [-0.4, -0.2) is 14.5 Å². The van der Waals surface area contributed by atoms with E-state index in [4.69, 9.17) is 0 Å². The molecule has 1 atom stereocenters. The van der Waals surface area contributed by atoms with Crippen molar-refractivity contribution in [1.82, 2.24) is 4.72 Å². The number of hydrogen-bond donors (Lipinski definition) is 1. The Morgan fingerprint density at radius 2 is 1.70 bits per heavy atom. The average molecular weight is 293 g/mol. The van der Waals surface area contributed by atoms with Gasteiger partial charge in [0.25, 0.3) is 0 Å². The zero-order chi connectivity index (χ0) is 15.5. The Bertz CT molecular complexity index is 615. The van der Waals surface area contributed by atoms with Gasteiger partial charge in [-0.25, -0.2) is 13.1 Å². The van der Waals surface area contributed by atoms with Crippen molar-refractivity contribution in [3.8, 4) is 0 Å². The van der Waals surface area contributed by atoms with E-state index in [-0.39, 0.29) is 12.0 Å². The highest BCUT2D eigenvalue weighted by molar-refractivity contribution is 7.89. The highest BCUT2D eigenvalue weighted by Gasteiger charge is 2.24. The van der Waals surface area contributed by atoms with E-state index in [9.17, 15) is 8.42 Å². The summed E-state index contributed by atoms with van der Waals surface area (Å²) in [6.45, 7) is 13.0. The standard InChI is InChI=1S/C16H23NO2S/c1-7-8-15(11(2)3)17-20(18,19)16-13(5)9-12(4)10-14(16)6/h8-11,15,17H,1H2,2-6H3/t15-/m1/s1. The Kier molecular flexibility index (Phi) is 5.35. The topological polar surface area (TPSA) is 46.2 Å². The quantitative estimate of drug-likeness (QED) is 0.847. The van der Waals surface area contributed by atoms with E-state index in [1.165, 1.54) is 0 Å². The minimum atomic E-state index is -3.55. The SMILES string of the molecule is C=C=C[C@@H](NS(=O)(=O)c1c(C)cc(C)cc1C)C(C)C. The number of sulfonamides is 1. The van der Waals surface area contributed by atoms with Crippen molar-refractivity contribution in [3.63, 3.8) is 0 Å². The minimum Gasteiger partial charge on any atom is -0.207 e. The molecule has 1 aromatic rings. The molecule has 0 aromatic heterocycles. The van der Waals surface area contributed by atoms with Crippen LogP contribution in [0.15, 0.2) is 35.4 Å². The first-order valence-electron chi connectivity index (χ1n) is 6.65. The van der Waals surface area contributed by atoms with E-state index in [1.807, 2.05) is 46.8 Å². The number of hydrogen-bond acceptors (Lipinski definition) is 2. The normalized spacial score (nSPS) is 13.1. The summed E-state index contributed by atoms with van der Waals surface area (Å²) in [6, 6.07) is 3.46. The fraction of sp³-hybridized carbons (Fsp3) is 0.438. The van der Waals surface area contributed by atoms with Gasteiger partial charge in [0, 0.05) is 6.04 Å². The third kappa shape index (κ3) is 3.83. The Morgan fingerprint density at radius 3 is 2.10 bits per heavy atom. The summed E-state index contributed by atoms with van der Waals surface area (Å²) in [7, 11) is -3.55. The number of nitrogens with one attached hydrogen (secondary N) is 1. The summed E-state index contributed by atoms with van der Waals surface area (Å²) in [4.78, 5) is 0.367. The molecule has 20 heavy (non-hydrogen) atoms. The van der Waals surface area contributed by atoms with E-state index in [2.05, 4.69) is 17.0 Å². The van der Waals surface area contributed by atoms with Crippen LogP contribution in [0.3, 0.4) is 0 Å². The molecule has 0 heterocycles. The molecule has 0 aliphatic heterocycles. The lowest BCUT2D eigenvalue weighted by molar-refractivity contribution is 0.508. The highest BCUT2D eigenvalue weighted by Crippen LogP contribution is 2.22. The van der Waals surface area contributed by atoms with Gasteiger partial charge in [0.2, 0.25) is 10.0 Å². The first-order chi connectivity index (χ1) is 9.19. The minimum absolute atomic E-state index is 0.130. The van der Waals surface area contributed by atoms with E-state index in [0.717, 1.165) is 16.7 Å². The molecule has 0 unspecified atom stereocenters. The van der Waals surface area contributed by atoms with Crippen LogP contribution in [0.1, 0.15) is 30.5 Å². The van der Waals surface area contributed by atoms with Gasteiger partial charge in [-0.3, -0.25) is 0 Å². The van der Waals surface area contributed by atoms with Crippen LogP contribution in [0.2, 0.25) is 0 Å². The molecular weight excluding hydrogens is 270 g/mol. The van der Waals surface area contributed by atoms with Crippen molar-refractivity contribution in [2.45, 2.75) is 45.6 Å². The third-order valence-corrected chi connectivity index (χ3v) is 4.94. The van der Waals surface area contributed by atoms with Gasteiger partial charge < -0.3 is 0 Å². The molecule has 0 aliphatic rings. The second-order valence-electron chi connectivity index (χ2n) is 5.49. The molecule has 110 valence electrons. The van der Waals surface area contributed by atoms with Crippen molar-refractivity contribution >= 4 is 10.0 Å². The molecule has 1 N–H and O–H groups in total. The second-order valence-corrected chi connectivity index (χ2v) is 7.14. The maximum Gasteiger partial charge on any atom is 0.241 e. The van der Waals surface area contributed by atoms with E-state index in [0.29, 0.717) is 4.90 Å². The van der Waals surface area contributed by atoms with Crippen molar-refractivity contribution in [3.05, 3.63) is 47.2 Å².